The van der Waals surface area contributed by atoms with Gasteiger partial charge in [-0.2, -0.15) is 0 Å². The molecule has 1 aromatic heterocycles. The van der Waals surface area contributed by atoms with Crippen molar-refractivity contribution in [2.45, 2.75) is 13.2 Å². The second-order valence-electron chi connectivity index (χ2n) is 4.29. The molecule has 1 heterocycles. The van der Waals surface area contributed by atoms with Crippen LogP contribution in [0.25, 0.3) is 10.8 Å². The first-order valence-electron chi connectivity index (χ1n) is 6.16. The van der Waals surface area contributed by atoms with Gasteiger partial charge in [0, 0.05) is 5.39 Å². The highest BCUT2D eigenvalue weighted by Gasteiger charge is 2.04. The third-order valence-corrected chi connectivity index (χ3v) is 2.99. The molecule has 0 saturated carbocycles. The fraction of sp³-hybridized carbons (Fsp3) is 0.125. The molecule has 0 aliphatic heterocycles. The lowest BCUT2D eigenvalue weighted by molar-refractivity contribution is 0.225. The van der Waals surface area contributed by atoms with Gasteiger partial charge in [-0.15, -0.1) is 0 Å². The van der Waals surface area contributed by atoms with E-state index in [0.29, 0.717) is 18.1 Å². The monoisotopic (exact) mass is 254 g/mol. The molecular formula is C16H14O3. The lowest BCUT2D eigenvalue weighted by Crippen LogP contribution is -1.94. The summed E-state index contributed by atoms with van der Waals surface area (Å²) in [4.78, 5) is 0. The van der Waals surface area contributed by atoms with Gasteiger partial charge < -0.3 is 14.3 Å². The van der Waals surface area contributed by atoms with Crippen molar-refractivity contribution < 1.29 is 14.3 Å². The number of hydrogen-bond donors (Lipinski definition) is 1. The summed E-state index contributed by atoms with van der Waals surface area (Å²) in [6.45, 7) is 0.266. The fourth-order valence-corrected chi connectivity index (χ4v) is 2.06. The van der Waals surface area contributed by atoms with E-state index in [4.69, 9.17) is 14.3 Å². The van der Waals surface area contributed by atoms with Crippen LogP contribution in [-0.2, 0) is 13.2 Å². The first-order chi connectivity index (χ1) is 9.36. The van der Waals surface area contributed by atoms with Crippen LogP contribution in [0.2, 0.25) is 0 Å². The van der Waals surface area contributed by atoms with Crippen molar-refractivity contribution in [1.29, 1.82) is 0 Å². The molecule has 0 amide bonds. The van der Waals surface area contributed by atoms with Crippen LogP contribution < -0.4 is 4.74 Å². The molecule has 3 nitrogen and oxygen atoms in total. The second kappa shape index (κ2) is 5.16. The Labute approximate surface area is 111 Å². The molecule has 0 radical (unpaired) electrons. The van der Waals surface area contributed by atoms with Gasteiger partial charge in [0.25, 0.3) is 0 Å². The molecule has 0 atom stereocenters. The molecule has 0 unspecified atom stereocenters. The van der Waals surface area contributed by atoms with Gasteiger partial charge in [0.15, 0.2) is 0 Å². The van der Waals surface area contributed by atoms with Crippen LogP contribution in [0, 0.1) is 0 Å². The van der Waals surface area contributed by atoms with Gasteiger partial charge in [-0.3, -0.25) is 0 Å². The van der Waals surface area contributed by atoms with E-state index < -0.39 is 0 Å². The van der Waals surface area contributed by atoms with Crippen molar-refractivity contribution in [2.24, 2.45) is 0 Å². The van der Waals surface area contributed by atoms with Gasteiger partial charge in [0.2, 0.25) is 0 Å². The van der Waals surface area contributed by atoms with Crippen molar-refractivity contribution >= 4 is 10.8 Å². The number of rotatable bonds is 4. The molecule has 19 heavy (non-hydrogen) atoms. The molecule has 3 heteroatoms. The second-order valence-corrected chi connectivity index (χ2v) is 4.29. The van der Waals surface area contributed by atoms with Gasteiger partial charge in [-0.25, -0.2) is 0 Å². The summed E-state index contributed by atoms with van der Waals surface area (Å²) in [5, 5.41) is 11.2. The number of furan rings is 1. The predicted octanol–water partition coefficient (Wildman–Crippen LogP) is 3.50. The highest BCUT2D eigenvalue weighted by molar-refractivity contribution is 5.88. The summed E-state index contributed by atoms with van der Waals surface area (Å²) < 4.78 is 11.2. The van der Waals surface area contributed by atoms with Gasteiger partial charge in [0.05, 0.1) is 0 Å². The van der Waals surface area contributed by atoms with Gasteiger partial charge in [-0.05, 0) is 23.6 Å². The summed E-state index contributed by atoms with van der Waals surface area (Å²) >= 11 is 0. The Morgan fingerprint density at radius 3 is 2.53 bits per heavy atom. The molecule has 3 aromatic rings. The van der Waals surface area contributed by atoms with E-state index in [1.54, 1.807) is 6.07 Å². The maximum Gasteiger partial charge on any atom is 0.146 e. The number of aliphatic hydroxyl groups is 1. The highest BCUT2D eigenvalue weighted by atomic mass is 16.5. The molecule has 0 aliphatic rings. The summed E-state index contributed by atoms with van der Waals surface area (Å²) in [5.41, 5.74) is 0. The first kappa shape index (κ1) is 11.8. The molecule has 0 fully saturated rings. The predicted molar refractivity (Wildman–Crippen MR) is 72.9 cm³/mol. The standard InChI is InChI=1S/C16H14O3/c17-10-13-8-9-14(19-13)11-18-16-7-3-5-12-4-1-2-6-15(12)16/h1-9,17H,10-11H2. The van der Waals surface area contributed by atoms with E-state index in [9.17, 15) is 0 Å². The lowest BCUT2D eigenvalue weighted by Gasteiger charge is -2.07. The Kier molecular flexibility index (Phi) is 3.21. The highest BCUT2D eigenvalue weighted by Crippen LogP contribution is 2.26. The Bertz CT molecular complexity index is 680. The minimum absolute atomic E-state index is 0.0890. The van der Waals surface area contributed by atoms with E-state index >= 15 is 0 Å². The van der Waals surface area contributed by atoms with Crippen LogP contribution in [-0.4, -0.2) is 5.11 Å². The minimum Gasteiger partial charge on any atom is -0.485 e. The zero-order chi connectivity index (χ0) is 13.1. The van der Waals surface area contributed by atoms with Crippen molar-refractivity contribution in [1.82, 2.24) is 0 Å². The van der Waals surface area contributed by atoms with E-state index in [1.165, 1.54) is 0 Å². The van der Waals surface area contributed by atoms with Crippen LogP contribution in [0.15, 0.2) is 59.0 Å². The third-order valence-electron chi connectivity index (χ3n) is 2.99. The maximum absolute atomic E-state index is 8.94. The molecule has 0 spiro atoms. The maximum atomic E-state index is 8.94. The van der Waals surface area contributed by atoms with E-state index in [1.807, 2.05) is 36.4 Å². The number of ether oxygens (including phenoxy) is 1. The van der Waals surface area contributed by atoms with E-state index in [2.05, 4.69) is 12.1 Å². The molecule has 2 aromatic carbocycles. The number of aliphatic hydroxyl groups excluding tert-OH is 1. The molecule has 96 valence electrons. The Morgan fingerprint density at radius 1 is 0.895 bits per heavy atom. The quantitative estimate of drug-likeness (QED) is 0.774. The Hall–Kier alpha value is -2.26. The zero-order valence-electron chi connectivity index (χ0n) is 10.4. The normalized spacial score (nSPS) is 10.8. The van der Waals surface area contributed by atoms with Crippen LogP contribution in [0.4, 0.5) is 0 Å². The van der Waals surface area contributed by atoms with E-state index in [-0.39, 0.29) is 6.61 Å². The first-order valence-corrected chi connectivity index (χ1v) is 6.16. The molecule has 0 bridgehead atoms. The van der Waals surface area contributed by atoms with Gasteiger partial charge >= 0.3 is 0 Å². The average Bonchev–Trinajstić information content (AvgIpc) is 2.93. The minimum atomic E-state index is -0.0890. The van der Waals surface area contributed by atoms with Gasteiger partial charge in [0.1, 0.15) is 30.5 Å². The van der Waals surface area contributed by atoms with Crippen LogP contribution in [0.5, 0.6) is 5.75 Å². The molecule has 3 rings (SSSR count). The van der Waals surface area contributed by atoms with Crippen LogP contribution in [0.3, 0.4) is 0 Å². The number of hydrogen-bond acceptors (Lipinski definition) is 3. The summed E-state index contributed by atoms with van der Waals surface area (Å²) in [6.07, 6.45) is 0. The zero-order valence-corrected chi connectivity index (χ0v) is 10.4. The van der Waals surface area contributed by atoms with E-state index in [0.717, 1.165) is 16.5 Å². The molecule has 0 saturated heterocycles. The SMILES string of the molecule is OCc1ccc(COc2cccc3ccccc23)o1. The van der Waals surface area contributed by atoms with Crippen molar-refractivity contribution in [2.75, 3.05) is 0 Å². The summed E-state index contributed by atoms with van der Waals surface area (Å²) in [6, 6.07) is 17.6. The fourth-order valence-electron chi connectivity index (χ4n) is 2.06. The number of fused-ring (bicyclic) bond motifs is 1. The van der Waals surface area contributed by atoms with Crippen LogP contribution in [0.1, 0.15) is 11.5 Å². The molecular weight excluding hydrogens is 240 g/mol. The van der Waals surface area contributed by atoms with Gasteiger partial charge in [-0.1, -0.05) is 36.4 Å². The Balaban J connectivity index is 1.81. The van der Waals surface area contributed by atoms with Crippen LogP contribution >= 0.6 is 0 Å². The van der Waals surface area contributed by atoms with Crippen molar-refractivity contribution in [3.05, 3.63) is 66.1 Å². The topological polar surface area (TPSA) is 42.6 Å². The summed E-state index contributed by atoms with van der Waals surface area (Å²) in [5.74, 6) is 2.09. The van der Waals surface area contributed by atoms with Crippen molar-refractivity contribution in [3.63, 3.8) is 0 Å². The van der Waals surface area contributed by atoms with Crippen molar-refractivity contribution in [3.8, 4) is 5.75 Å². The Morgan fingerprint density at radius 2 is 1.68 bits per heavy atom. The molecule has 1 N–H and O–H groups in total. The summed E-state index contributed by atoms with van der Waals surface area (Å²) in [7, 11) is 0. The number of benzene rings is 2. The average molecular weight is 254 g/mol. The third kappa shape index (κ3) is 2.46. The molecule has 0 aliphatic carbocycles. The lowest BCUT2D eigenvalue weighted by atomic mass is 10.1. The largest absolute Gasteiger partial charge is 0.485 e. The smallest absolute Gasteiger partial charge is 0.146 e.